The van der Waals surface area contributed by atoms with Gasteiger partial charge in [-0.15, -0.1) is 0 Å². The fraction of sp³-hybridized carbons (Fsp3) is 0.267. The number of benzene rings is 1. The number of rotatable bonds is 5. The number of nitrogens with zero attached hydrogens (tertiary/aromatic N) is 1. The quantitative estimate of drug-likeness (QED) is 0.756. The molecule has 1 heterocycles. The van der Waals surface area contributed by atoms with E-state index >= 15 is 0 Å². The molecule has 0 saturated heterocycles. The van der Waals surface area contributed by atoms with Crippen molar-refractivity contribution in [2.45, 2.75) is 13.8 Å². The molecule has 0 bridgehead atoms. The Morgan fingerprint density at radius 3 is 2.61 bits per heavy atom. The van der Waals surface area contributed by atoms with E-state index in [9.17, 15) is 0 Å². The maximum absolute atomic E-state index is 5.69. The van der Waals surface area contributed by atoms with Crippen LogP contribution in [0, 0.1) is 13.8 Å². The van der Waals surface area contributed by atoms with Gasteiger partial charge in [0.05, 0.1) is 0 Å². The van der Waals surface area contributed by atoms with Gasteiger partial charge in [-0.05, 0) is 37.1 Å². The summed E-state index contributed by atoms with van der Waals surface area (Å²) in [6.45, 7) is 5.09. The normalized spacial score (nSPS) is 10.1. The highest BCUT2D eigenvalue weighted by molar-refractivity contribution is 5.35. The molecule has 94 valence electrons. The molecule has 0 saturated carbocycles. The van der Waals surface area contributed by atoms with Crippen LogP contribution in [0.2, 0.25) is 0 Å². The zero-order valence-corrected chi connectivity index (χ0v) is 10.7. The minimum absolute atomic E-state index is 0.490. The second kappa shape index (κ2) is 6.05. The molecule has 18 heavy (non-hydrogen) atoms. The summed E-state index contributed by atoms with van der Waals surface area (Å²) in [6, 6.07) is 11.8. The molecule has 0 unspecified atom stereocenters. The Morgan fingerprint density at radius 1 is 1.00 bits per heavy atom. The van der Waals surface area contributed by atoms with E-state index in [0.717, 1.165) is 11.3 Å². The van der Waals surface area contributed by atoms with Gasteiger partial charge in [-0.1, -0.05) is 18.2 Å². The predicted octanol–water partition coefficient (Wildman–Crippen LogP) is 3.16. The standard InChI is InChI=1S/C15H17NO2/c1-12-6-7-13(2)14(11-12)17-9-10-18-15-5-3-4-8-16-15/h3-8,11H,9-10H2,1-2H3. The highest BCUT2D eigenvalue weighted by atomic mass is 16.5. The third kappa shape index (κ3) is 3.48. The molecule has 0 radical (unpaired) electrons. The van der Waals surface area contributed by atoms with Gasteiger partial charge in [-0.25, -0.2) is 4.98 Å². The van der Waals surface area contributed by atoms with E-state index in [-0.39, 0.29) is 0 Å². The Hall–Kier alpha value is -2.03. The zero-order chi connectivity index (χ0) is 12.8. The lowest BCUT2D eigenvalue weighted by Gasteiger charge is -2.10. The molecule has 3 heteroatoms. The lowest BCUT2D eigenvalue weighted by Crippen LogP contribution is -2.10. The SMILES string of the molecule is Cc1ccc(C)c(OCCOc2ccccn2)c1. The second-order valence-electron chi connectivity index (χ2n) is 4.13. The van der Waals surface area contributed by atoms with Crippen molar-refractivity contribution in [3.63, 3.8) is 0 Å². The van der Waals surface area contributed by atoms with Gasteiger partial charge >= 0.3 is 0 Å². The molecule has 0 N–H and O–H groups in total. The van der Waals surface area contributed by atoms with E-state index < -0.39 is 0 Å². The molecule has 0 aliphatic rings. The Bertz CT molecular complexity index is 497. The molecule has 0 fully saturated rings. The zero-order valence-electron chi connectivity index (χ0n) is 10.7. The van der Waals surface area contributed by atoms with E-state index in [1.807, 2.05) is 31.2 Å². The molecule has 0 atom stereocenters. The van der Waals surface area contributed by atoms with Crippen molar-refractivity contribution in [1.82, 2.24) is 4.98 Å². The Kier molecular flexibility index (Phi) is 4.18. The predicted molar refractivity (Wildman–Crippen MR) is 71.1 cm³/mol. The van der Waals surface area contributed by atoms with Crippen LogP contribution in [-0.4, -0.2) is 18.2 Å². The summed E-state index contributed by atoms with van der Waals surface area (Å²) < 4.78 is 11.1. The fourth-order valence-electron chi connectivity index (χ4n) is 1.59. The van der Waals surface area contributed by atoms with Crippen molar-refractivity contribution in [3.05, 3.63) is 53.7 Å². The molecule has 2 aromatic rings. The van der Waals surface area contributed by atoms with Crippen LogP contribution >= 0.6 is 0 Å². The van der Waals surface area contributed by atoms with Crippen molar-refractivity contribution >= 4 is 0 Å². The number of ether oxygens (including phenoxy) is 2. The van der Waals surface area contributed by atoms with E-state index in [4.69, 9.17) is 9.47 Å². The average Bonchev–Trinajstić information content (AvgIpc) is 2.40. The molecule has 1 aromatic carbocycles. The largest absolute Gasteiger partial charge is 0.490 e. The molecule has 3 nitrogen and oxygen atoms in total. The summed E-state index contributed by atoms with van der Waals surface area (Å²) in [7, 11) is 0. The minimum Gasteiger partial charge on any atom is -0.490 e. The van der Waals surface area contributed by atoms with Crippen LogP contribution in [0.25, 0.3) is 0 Å². The van der Waals surface area contributed by atoms with Crippen LogP contribution < -0.4 is 9.47 Å². The summed E-state index contributed by atoms with van der Waals surface area (Å²) in [5.74, 6) is 1.54. The number of pyridine rings is 1. The van der Waals surface area contributed by atoms with Crippen LogP contribution in [0.5, 0.6) is 11.6 Å². The fourth-order valence-corrected chi connectivity index (χ4v) is 1.59. The van der Waals surface area contributed by atoms with Crippen LogP contribution in [0.1, 0.15) is 11.1 Å². The highest BCUT2D eigenvalue weighted by Crippen LogP contribution is 2.18. The molecule has 0 aliphatic heterocycles. The Morgan fingerprint density at radius 2 is 1.83 bits per heavy atom. The summed E-state index contributed by atoms with van der Waals surface area (Å²) in [5.41, 5.74) is 2.33. The van der Waals surface area contributed by atoms with Crippen LogP contribution in [0.3, 0.4) is 0 Å². The number of hydrogen-bond donors (Lipinski definition) is 0. The maximum atomic E-state index is 5.69. The maximum Gasteiger partial charge on any atom is 0.213 e. The smallest absolute Gasteiger partial charge is 0.213 e. The van der Waals surface area contributed by atoms with Gasteiger partial charge in [0.25, 0.3) is 0 Å². The van der Waals surface area contributed by atoms with Crippen molar-refractivity contribution in [2.75, 3.05) is 13.2 Å². The molecular formula is C15H17NO2. The van der Waals surface area contributed by atoms with Gasteiger partial charge in [-0.3, -0.25) is 0 Å². The van der Waals surface area contributed by atoms with Gasteiger partial charge in [0, 0.05) is 12.3 Å². The number of aryl methyl sites for hydroxylation is 2. The van der Waals surface area contributed by atoms with Gasteiger partial charge in [0.1, 0.15) is 19.0 Å². The molecule has 1 aromatic heterocycles. The lowest BCUT2D eigenvalue weighted by atomic mass is 10.1. The van der Waals surface area contributed by atoms with E-state index in [1.54, 1.807) is 6.20 Å². The molecule has 0 amide bonds. The summed E-state index contributed by atoms with van der Waals surface area (Å²) in [5, 5.41) is 0. The monoisotopic (exact) mass is 243 g/mol. The first-order chi connectivity index (χ1) is 8.75. The van der Waals surface area contributed by atoms with Crippen molar-refractivity contribution in [1.29, 1.82) is 0 Å². The molecule has 0 aliphatic carbocycles. The van der Waals surface area contributed by atoms with Gasteiger partial charge in [-0.2, -0.15) is 0 Å². The summed E-state index contributed by atoms with van der Waals surface area (Å²) >= 11 is 0. The van der Waals surface area contributed by atoms with Crippen molar-refractivity contribution in [3.8, 4) is 11.6 Å². The summed E-state index contributed by atoms with van der Waals surface area (Å²) in [4.78, 5) is 4.08. The van der Waals surface area contributed by atoms with Crippen LogP contribution in [-0.2, 0) is 0 Å². The minimum atomic E-state index is 0.490. The molecule has 2 rings (SSSR count). The first-order valence-corrected chi connectivity index (χ1v) is 5.99. The summed E-state index contributed by atoms with van der Waals surface area (Å²) in [6.07, 6.45) is 1.71. The topological polar surface area (TPSA) is 31.4 Å². The number of aromatic nitrogens is 1. The number of hydrogen-bond acceptors (Lipinski definition) is 3. The average molecular weight is 243 g/mol. The van der Waals surface area contributed by atoms with Crippen LogP contribution in [0.15, 0.2) is 42.6 Å². The third-order valence-corrected chi connectivity index (χ3v) is 2.57. The van der Waals surface area contributed by atoms with E-state index in [1.165, 1.54) is 5.56 Å². The van der Waals surface area contributed by atoms with E-state index in [0.29, 0.717) is 19.1 Å². The molecule has 0 spiro atoms. The Balaban J connectivity index is 1.80. The Labute approximate surface area is 107 Å². The van der Waals surface area contributed by atoms with Gasteiger partial charge in [0.2, 0.25) is 5.88 Å². The second-order valence-corrected chi connectivity index (χ2v) is 4.13. The molecular weight excluding hydrogens is 226 g/mol. The first-order valence-electron chi connectivity index (χ1n) is 5.99. The van der Waals surface area contributed by atoms with Crippen LogP contribution in [0.4, 0.5) is 0 Å². The van der Waals surface area contributed by atoms with Gasteiger partial charge < -0.3 is 9.47 Å². The first kappa shape index (κ1) is 12.4. The van der Waals surface area contributed by atoms with Gasteiger partial charge in [0.15, 0.2) is 0 Å². The highest BCUT2D eigenvalue weighted by Gasteiger charge is 2.00. The van der Waals surface area contributed by atoms with Crippen molar-refractivity contribution in [2.24, 2.45) is 0 Å². The third-order valence-electron chi connectivity index (χ3n) is 2.57. The lowest BCUT2D eigenvalue weighted by molar-refractivity contribution is 0.211. The van der Waals surface area contributed by atoms with E-state index in [2.05, 4.69) is 24.0 Å². The van der Waals surface area contributed by atoms with Crippen molar-refractivity contribution < 1.29 is 9.47 Å².